The molecule has 28 heavy (non-hydrogen) atoms. The van der Waals surface area contributed by atoms with Gasteiger partial charge in [-0.05, 0) is 29.7 Å². The van der Waals surface area contributed by atoms with Gasteiger partial charge >= 0.3 is 0 Å². The standard InChI is InChI=1S/C22H26N2O4/c1-16(17-6-4-3-5-7-17)13-23-22(26)18-8-9-20-19(12-18)14-24(10-11-27-2)21(25)15-28-20/h3-9,12,16H,10-11,13-15H2,1-2H3,(H,23,26)/t16-/m0/s1. The van der Waals surface area contributed by atoms with Crippen molar-refractivity contribution in [2.45, 2.75) is 19.4 Å². The smallest absolute Gasteiger partial charge is 0.260 e. The molecular weight excluding hydrogens is 356 g/mol. The first-order chi connectivity index (χ1) is 13.6. The molecule has 1 aliphatic rings. The SMILES string of the molecule is COCCN1Cc2cc(C(=O)NC[C@H](C)c3ccccc3)ccc2OCC1=O. The number of amides is 2. The number of nitrogens with zero attached hydrogens (tertiary/aromatic N) is 1. The second-order valence-corrected chi connectivity index (χ2v) is 6.94. The van der Waals surface area contributed by atoms with Crippen LogP contribution in [0.3, 0.4) is 0 Å². The van der Waals surface area contributed by atoms with Crippen molar-refractivity contribution in [2.75, 3.05) is 33.4 Å². The van der Waals surface area contributed by atoms with Crippen LogP contribution in [0.2, 0.25) is 0 Å². The summed E-state index contributed by atoms with van der Waals surface area (Å²) >= 11 is 0. The molecule has 1 atom stereocenters. The fourth-order valence-electron chi connectivity index (χ4n) is 3.16. The van der Waals surface area contributed by atoms with Crippen molar-refractivity contribution in [3.63, 3.8) is 0 Å². The van der Waals surface area contributed by atoms with Crippen LogP contribution >= 0.6 is 0 Å². The lowest BCUT2D eigenvalue weighted by Crippen LogP contribution is -2.35. The third-order valence-electron chi connectivity index (χ3n) is 4.89. The maximum absolute atomic E-state index is 12.6. The van der Waals surface area contributed by atoms with Crippen LogP contribution in [-0.2, 0) is 16.1 Å². The van der Waals surface area contributed by atoms with Gasteiger partial charge in [-0.1, -0.05) is 37.3 Å². The molecule has 6 nitrogen and oxygen atoms in total. The first-order valence-electron chi connectivity index (χ1n) is 9.44. The van der Waals surface area contributed by atoms with Crippen LogP contribution in [0.25, 0.3) is 0 Å². The Morgan fingerprint density at radius 1 is 1.25 bits per heavy atom. The fraction of sp³-hybridized carbons (Fsp3) is 0.364. The van der Waals surface area contributed by atoms with E-state index in [0.717, 1.165) is 5.56 Å². The van der Waals surface area contributed by atoms with Crippen molar-refractivity contribution in [1.82, 2.24) is 10.2 Å². The van der Waals surface area contributed by atoms with Gasteiger partial charge in [-0.15, -0.1) is 0 Å². The van der Waals surface area contributed by atoms with Gasteiger partial charge in [-0.2, -0.15) is 0 Å². The average Bonchev–Trinajstić information content (AvgIpc) is 2.89. The van der Waals surface area contributed by atoms with E-state index in [2.05, 4.69) is 24.4 Å². The monoisotopic (exact) mass is 382 g/mol. The van der Waals surface area contributed by atoms with Crippen molar-refractivity contribution in [3.8, 4) is 5.75 Å². The minimum Gasteiger partial charge on any atom is -0.483 e. The van der Waals surface area contributed by atoms with E-state index >= 15 is 0 Å². The summed E-state index contributed by atoms with van der Waals surface area (Å²) in [5, 5.41) is 2.99. The number of hydrogen-bond acceptors (Lipinski definition) is 4. The number of carbonyl (C=O) groups excluding carboxylic acids is 2. The predicted molar refractivity (Wildman–Crippen MR) is 106 cm³/mol. The number of ether oxygens (including phenoxy) is 2. The van der Waals surface area contributed by atoms with Crippen molar-refractivity contribution in [3.05, 3.63) is 65.2 Å². The second kappa shape index (κ2) is 9.37. The Kier molecular flexibility index (Phi) is 6.66. The first-order valence-corrected chi connectivity index (χ1v) is 9.44. The predicted octanol–water partition coefficient (Wildman–Crippen LogP) is 2.59. The lowest BCUT2D eigenvalue weighted by atomic mass is 10.0. The van der Waals surface area contributed by atoms with Crippen LogP contribution in [-0.4, -0.2) is 50.1 Å². The average molecular weight is 382 g/mol. The van der Waals surface area contributed by atoms with Gasteiger partial charge in [0.05, 0.1) is 6.61 Å². The quantitative estimate of drug-likeness (QED) is 0.799. The molecule has 0 aromatic heterocycles. The third kappa shape index (κ3) is 4.89. The highest BCUT2D eigenvalue weighted by atomic mass is 16.5. The number of benzene rings is 2. The van der Waals surface area contributed by atoms with Gasteiger partial charge in [0.1, 0.15) is 5.75 Å². The van der Waals surface area contributed by atoms with Crippen LogP contribution in [0.5, 0.6) is 5.75 Å². The molecule has 1 aliphatic heterocycles. The zero-order chi connectivity index (χ0) is 19.9. The Labute approximate surface area is 165 Å². The molecule has 0 fully saturated rings. The van der Waals surface area contributed by atoms with E-state index in [4.69, 9.17) is 9.47 Å². The van der Waals surface area contributed by atoms with Gasteiger partial charge in [0.15, 0.2) is 6.61 Å². The lowest BCUT2D eigenvalue weighted by molar-refractivity contribution is -0.133. The number of hydrogen-bond donors (Lipinski definition) is 1. The van der Waals surface area contributed by atoms with Crippen molar-refractivity contribution in [1.29, 1.82) is 0 Å². The topological polar surface area (TPSA) is 67.9 Å². The van der Waals surface area contributed by atoms with E-state index in [-0.39, 0.29) is 24.3 Å². The van der Waals surface area contributed by atoms with E-state index in [1.165, 1.54) is 5.56 Å². The summed E-state index contributed by atoms with van der Waals surface area (Å²) in [7, 11) is 1.60. The van der Waals surface area contributed by atoms with Gasteiger partial charge in [0.2, 0.25) is 0 Å². The maximum atomic E-state index is 12.6. The molecule has 1 heterocycles. The molecule has 2 aromatic carbocycles. The fourth-order valence-corrected chi connectivity index (χ4v) is 3.16. The number of rotatable bonds is 7. The van der Waals surface area contributed by atoms with Gasteiger partial charge < -0.3 is 19.7 Å². The van der Waals surface area contributed by atoms with Gasteiger partial charge in [0, 0.05) is 37.9 Å². The minimum absolute atomic E-state index is 0.00313. The van der Waals surface area contributed by atoms with Crippen LogP contribution in [0.4, 0.5) is 0 Å². The normalized spacial score (nSPS) is 14.6. The summed E-state index contributed by atoms with van der Waals surface area (Å²) in [6, 6.07) is 15.4. The highest BCUT2D eigenvalue weighted by Crippen LogP contribution is 2.25. The number of fused-ring (bicyclic) bond motifs is 1. The van der Waals surface area contributed by atoms with E-state index in [9.17, 15) is 9.59 Å². The molecule has 0 saturated carbocycles. The van der Waals surface area contributed by atoms with E-state index < -0.39 is 0 Å². The lowest BCUT2D eigenvalue weighted by Gasteiger charge is -2.19. The highest BCUT2D eigenvalue weighted by Gasteiger charge is 2.22. The van der Waals surface area contributed by atoms with Gasteiger partial charge in [-0.3, -0.25) is 9.59 Å². The van der Waals surface area contributed by atoms with E-state index in [1.807, 2.05) is 18.2 Å². The molecule has 0 radical (unpaired) electrons. The van der Waals surface area contributed by atoms with E-state index in [1.54, 1.807) is 30.2 Å². The Bertz CT molecular complexity index is 823. The van der Waals surface area contributed by atoms with Gasteiger partial charge in [0.25, 0.3) is 11.8 Å². The van der Waals surface area contributed by atoms with Crippen molar-refractivity contribution >= 4 is 11.8 Å². The van der Waals surface area contributed by atoms with Crippen LogP contribution in [0.1, 0.15) is 34.3 Å². The maximum Gasteiger partial charge on any atom is 0.260 e. The molecular formula is C22H26N2O4. The zero-order valence-corrected chi connectivity index (χ0v) is 16.3. The molecule has 0 spiro atoms. The Balaban J connectivity index is 1.67. The van der Waals surface area contributed by atoms with Crippen molar-refractivity contribution < 1.29 is 19.1 Å². The highest BCUT2D eigenvalue weighted by molar-refractivity contribution is 5.94. The zero-order valence-electron chi connectivity index (χ0n) is 16.3. The number of carbonyl (C=O) groups is 2. The largest absolute Gasteiger partial charge is 0.483 e. The molecule has 6 heteroatoms. The molecule has 0 unspecified atom stereocenters. The van der Waals surface area contributed by atoms with Gasteiger partial charge in [-0.25, -0.2) is 0 Å². The summed E-state index contributed by atoms with van der Waals surface area (Å²) in [5.41, 5.74) is 2.57. The number of nitrogens with one attached hydrogen (secondary N) is 1. The Morgan fingerprint density at radius 2 is 2.04 bits per heavy atom. The molecule has 0 saturated heterocycles. The summed E-state index contributed by atoms with van der Waals surface area (Å²) in [6.07, 6.45) is 0. The molecule has 0 aliphatic carbocycles. The second-order valence-electron chi connectivity index (χ2n) is 6.94. The third-order valence-corrected chi connectivity index (χ3v) is 4.89. The Hall–Kier alpha value is -2.86. The van der Waals surface area contributed by atoms with Crippen LogP contribution < -0.4 is 10.1 Å². The van der Waals surface area contributed by atoms with Crippen LogP contribution in [0, 0.1) is 0 Å². The van der Waals surface area contributed by atoms with E-state index in [0.29, 0.717) is 37.6 Å². The summed E-state index contributed by atoms with van der Waals surface area (Å²) < 4.78 is 10.7. The summed E-state index contributed by atoms with van der Waals surface area (Å²) in [4.78, 5) is 26.5. The summed E-state index contributed by atoms with van der Waals surface area (Å²) in [5.74, 6) is 0.638. The summed E-state index contributed by atoms with van der Waals surface area (Å²) in [6.45, 7) is 3.98. The Morgan fingerprint density at radius 3 is 2.79 bits per heavy atom. The minimum atomic E-state index is -0.135. The molecule has 3 rings (SSSR count). The first kappa shape index (κ1) is 19.9. The molecule has 148 valence electrons. The van der Waals surface area contributed by atoms with Crippen molar-refractivity contribution in [2.24, 2.45) is 0 Å². The molecule has 2 aromatic rings. The molecule has 0 bridgehead atoms. The number of methoxy groups -OCH3 is 1. The van der Waals surface area contributed by atoms with Crippen LogP contribution in [0.15, 0.2) is 48.5 Å². The molecule has 2 amide bonds. The molecule has 1 N–H and O–H groups in total.